The summed E-state index contributed by atoms with van der Waals surface area (Å²) in [5.74, 6) is 2.35. The van der Waals surface area contributed by atoms with Crippen LogP contribution >= 0.6 is 0 Å². The smallest absolute Gasteiger partial charge is 0.303 e. The summed E-state index contributed by atoms with van der Waals surface area (Å²) in [7, 11) is 0. The minimum Gasteiger partial charge on any atom is -0.481 e. The molecule has 4 nitrogen and oxygen atoms in total. The molecule has 3 N–H and O–H groups in total. The highest BCUT2D eigenvalue weighted by Gasteiger charge is 2.65. The highest BCUT2D eigenvalue weighted by Crippen LogP contribution is 2.68. The minimum absolute atomic E-state index is 0.189. The van der Waals surface area contributed by atoms with Gasteiger partial charge in [-0.15, -0.1) is 0 Å². The van der Waals surface area contributed by atoms with Gasteiger partial charge in [0.25, 0.3) is 0 Å². The summed E-state index contributed by atoms with van der Waals surface area (Å²) in [6.45, 7) is 9.25. The van der Waals surface area contributed by atoms with Crippen LogP contribution < -0.4 is 0 Å². The number of aliphatic carboxylic acids is 1. The Morgan fingerprint density at radius 2 is 1.79 bits per heavy atom. The molecule has 0 bridgehead atoms. The fourth-order valence-corrected chi connectivity index (χ4v) is 8.92. The van der Waals surface area contributed by atoms with Crippen molar-refractivity contribution in [2.24, 2.45) is 52.3 Å². The quantitative estimate of drug-likeness (QED) is 0.631. The molecule has 4 heteroatoms. The average Bonchev–Trinajstić information content (AvgIpc) is 3.01. The van der Waals surface area contributed by atoms with Crippen LogP contribution in [0.4, 0.5) is 0 Å². The van der Waals surface area contributed by atoms with Crippen molar-refractivity contribution in [3.8, 4) is 0 Å². The van der Waals surface area contributed by atoms with Crippen molar-refractivity contribution >= 4 is 5.97 Å². The first-order chi connectivity index (χ1) is 13.6. The zero-order valence-electron chi connectivity index (χ0n) is 18.8. The summed E-state index contributed by atoms with van der Waals surface area (Å²) in [6.07, 6.45) is 7.94. The van der Waals surface area contributed by atoms with Crippen molar-refractivity contribution in [2.45, 2.75) is 97.7 Å². The average molecular weight is 407 g/mol. The van der Waals surface area contributed by atoms with Gasteiger partial charge in [0.2, 0.25) is 0 Å². The Kier molecular flexibility index (Phi) is 5.60. The van der Waals surface area contributed by atoms with E-state index < -0.39 is 5.97 Å². The molecule has 7 unspecified atom stereocenters. The highest BCUT2D eigenvalue weighted by atomic mass is 16.4. The maximum Gasteiger partial charge on any atom is 0.303 e. The molecule has 0 aliphatic heterocycles. The van der Waals surface area contributed by atoms with E-state index >= 15 is 0 Å². The predicted molar refractivity (Wildman–Crippen MR) is 113 cm³/mol. The van der Waals surface area contributed by atoms with Gasteiger partial charge in [0, 0.05) is 6.42 Å². The topological polar surface area (TPSA) is 77.8 Å². The van der Waals surface area contributed by atoms with E-state index in [1.807, 2.05) is 0 Å². The van der Waals surface area contributed by atoms with Gasteiger partial charge in [-0.05, 0) is 97.2 Å². The molecule has 0 radical (unpaired) electrons. The largest absolute Gasteiger partial charge is 0.481 e. The molecule has 29 heavy (non-hydrogen) atoms. The molecule has 4 aliphatic carbocycles. The van der Waals surface area contributed by atoms with Crippen molar-refractivity contribution in [1.82, 2.24) is 0 Å². The number of carboxylic acids is 1. The van der Waals surface area contributed by atoms with E-state index in [2.05, 4.69) is 27.7 Å². The molecule has 4 saturated carbocycles. The Balaban J connectivity index is 1.61. The van der Waals surface area contributed by atoms with Crippen molar-refractivity contribution in [3.05, 3.63) is 0 Å². The second-order valence-electron chi connectivity index (χ2n) is 11.9. The Bertz CT molecular complexity index is 634. The van der Waals surface area contributed by atoms with Crippen LogP contribution in [0.3, 0.4) is 0 Å². The molecule has 166 valence electrons. The maximum absolute atomic E-state index is 11.5. The molecule has 11 atom stereocenters. The summed E-state index contributed by atoms with van der Waals surface area (Å²) in [5.41, 5.74) is 0.0664. The number of aliphatic hydroxyl groups is 2. The van der Waals surface area contributed by atoms with Crippen molar-refractivity contribution < 1.29 is 20.1 Å². The number of rotatable bonds is 4. The van der Waals surface area contributed by atoms with Crippen LogP contribution in [-0.4, -0.2) is 33.5 Å². The van der Waals surface area contributed by atoms with E-state index in [1.165, 1.54) is 19.3 Å². The standard InChI is InChI=1S/C25H42O4/c1-14-9-10-24(3)16(11-14)12-20(26)23-18-7-6-17(15(2)5-8-22(28)29)25(18,4)21(27)13-19(23)24/h14-21,23,26-27H,5-13H2,1-4H3,(H,28,29)/t14?,15?,16?,17?,18?,19?,20-,21+,23+,24+,25?/m1/s1. The van der Waals surface area contributed by atoms with Crippen LogP contribution in [0.2, 0.25) is 0 Å². The van der Waals surface area contributed by atoms with E-state index in [1.54, 1.807) is 0 Å². The minimum atomic E-state index is -0.728. The lowest BCUT2D eigenvalue weighted by molar-refractivity contribution is -0.203. The number of hydrogen-bond donors (Lipinski definition) is 3. The Labute approximate surface area is 176 Å². The molecule has 0 aromatic heterocycles. The molecule has 0 amide bonds. The SMILES string of the molecule is CC1CC[C@@]2(C)C(C1)C[C@@H](O)[C@H]1C3CCC(C(C)CCC(=O)O)C3(C)[C@@H](O)CC12. The van der Waals surface area contributed by atoms with Crippen LogP contribution in [-0.2, 0) is 4.79 Å². The van der Waals surface area contributed by atoms with Gasteiger partial charge in [-0.25, -0.2) is 0 Å². The third-order valence-electron chi connectivity index (χ3n) is 10.6. The summed E-state index contributed by atoms with van der Waals surface area (Å²) in [5, 5.41) is 32.0. The van der Waals surface area contributed by atoms with Gasteiger partial charge in [-0.3, -0.25) is 4.79 Å². The summed E-state index contributed by atoms with van der Waals surface area (Å²) in [4.78, 5) is 11.1. The first-order valence-electron chi connectivity index (χ1n) is 12.2. The van der Waals surface area contributed by atoms with Gasteiger partial charge < -0.3 is 15.3 Å². The van der Waals surface area contributed by atoms with Crippen molar-refractivity contribution in [1.29, 1.82) is 0 Å². The number of fused-ring (bicyclic) bond motifs is 5. The lowest BCUT2D eigenvalue weighted by Crippen LogP contribution is -2.62. The van der Waals surface area contributed by atoms with Gasteiger partial charge in [0.1, 0.15) is 0 Å². The predicted octanol–water partition coefficient (Wildman–Crippen LogP) is 4.72. The molecular formula is C25H42O4. The van der Waals surface area contributed by atoms with Gasteiger partial charge in [-0.1, -0.05) is 34.1 Å². The number of hydrogen-bond acceptors (Lipinski definition) is 3. The molecular weight excluding hydrogens is 364 g/mol. The molecule has 4 fully saturated rings. The summed E-state index contributed by atoms with van der Waals surface area (Å²) >= 11 is 0. The molecule has 0 saturated heterocycles. The lowest BCUT2D eigenvalue weighted by atomic mass is 9.42. The van der Waals surface area contributed by atoms with Gasteiger partial charge >= 0.3 is 5.97 Å². The first kappa shape index (κ1) is 21.6. The fourth-order valence-electron chi connectivity index (χ4n) is 8.92. The van der Waals surface area contributed by atoms with E-state index in [0.29, 0.717) is 41.9 Å². The lowest BCUT2D eigenvalue weighted by Gasteiger charge is -2.63. The monoisotopic (exact) mass is 406 g/mol. The zero-order chi connectivity index (χ0) is 21.1. The van der Waals surface area contributed by atoms with Crippen LogP contribution in [0.25, 0.3) is 0 Å². The second kappa shape index (κ2) is 7.51. The first-order valence-corrected chi connectivity index (χ1v) is 12.2. The Morgan fingerprint density at radius 1 is 1.07 bits per heavy atom. The van der Waals surface area contributed by atoms with Crippen LogP contribution in [0.15, 0.2) is 0 Å². The van der Waals surface area contributed by atoms with E-state index in [9.17, 15) is 15.0 Å². The fraction of sp³-hybridized carbons (Fsp3) is 0.960. The third kappa shape index (κ3) is 3.28. The molecule has 4 rings (SSSR count). The second-order valence-corrected chi connectivity index (χ2v) is 11.9. The Hall–Kier alpha value is -0.610. The van der Waals surface area contributed by atoms with Crippen LogP contribution in [0.5, 0.6) is 0 Å². The van der Waals surface area contributed by atoms with Crippen molar-refractivity contribution in [2.75, 3.05) is 0 Å². The normalized spacial score (nSPS) is 52.9. The molecule has 0 aromatic carbocycles. The molecule has 4 aliphatic rings. The van der Waals surface area contributed by atoms with Crippen LogP contribution in [0.1, 0.15) is 85.5 Å². The van der Waals surface area contributed by atoms with E-state index in [4.69, 9.17) is 5.11 Å². The summed E-state index contributed by atoms with van der Waals surface area (Å²) < 4.78 is 0. The number of carboxylic acid groups (broad SMARTS) is 1. The molecule has 0 aromatic rings. The number of aliphatic hydroxyl groups excluding tert-OH is 2. The molecule has 0 heterocycles. The highest BCUT2D eigenvalue weighted by molar-refractivity contribution is 5.66. The number of carbonyl (C=O) groups is 1. The van der Waals surface area contributed by atoms with E-state index in [0.717, 1.165) is 31.6 Å². The van der Waals surface area contributed by atoms with Gasteiger partial charge in [-0.2, -0.15) is 0 Å². The van der Waals surface area contributed by atoms with Gasteiger partial charge in [0.15, 0.2) is 0 Å². The van der Waals surface area contributed by atoms with E-state index in [-0.39, 0.29) is 29.5 Å². The van der Waals surface area contributed by atoms with Crippen molar-refractivity contribution in [3.63, 3.8) is 0 Å². The Morgan fingerprint density at radius 3 is 2.48 bits per heavy atom. The zero-order valence-corrected chi connectivity index (χ0v) is 18.8. The van der Waals surface area contributed by atoms with Gasteiger partial charge in [0.05, 0.1) is 12.2 Å². The van der Waals surface area contributed by atoms with Crippen LogP contribution in [0, 0.1) is 52.3 Å². The summed E-state index contributed by atoms with van der Waals surface area (Å²) in [6, 6.07) is 0. The molecule has 0 spiro atoms. The third-order valence-corrected chi connectivity index (χ3v) is 10.6. The maximum atomic E-state index is 11.5.